The highest BCUT2D eigenvalue weighted by atomic mass is 32.2. The first-order valence-corrected chi connectivity index (χ1v) is 17.6. The van der Waals surface area contributed by atoms with E-state index in [1.165, 1.54) is 18.2 Å². The van der Waals surface area contributed by atoms with Gasteiger partial charge in [-0.05, 0) is 58.4 Å². The van der Waals surface area contributed by atoms with Gasteiger partial charge < -0.3 is 10.2 Å². The summed E-state index contributed by atoms with van der Waals surface area (Å²) in [5.41, 5.74) is 3.44. The van der Waals surface area contributed by atoms with Gasteiger partial charge in [0.15, 0.2) is 4.90 Å². The van der Waals surface area contributed by atoms with Crippen molar-refractivity contribution in [2.45, 2.75) is 49.2 Å². The normalized spacial score (nSPS) is 16.4. The largest absolute Gasteiger partial charge is 0.342 e. The van der Waals surface area contributed by atoms with E-state index in [-0.39, 0.29) is 24.9 Å². The predicted molar refractivity (Wildman–Crippen MR) is 188 cm³/mol. The average Bonchev–Trinajstić information content (AvgIpc) is 3.12. The van der Waals surface area contributed by atoms with Crippen LogP contribution in [-0.4, -0.2) is 48.7 Å². The van der Waals surface area contributed by atoms with E-state index >= 15 is 0 Å². The molecule has 1 heterocycles. The highest BCUT2D eigenvalue weighted by molar-refractivity contribution is 7.89. The molecule has 5 aromatic carbocycles. The molecule has 5 aromatic rings. The van der Waals surface area contributed by atoms with Crippen LogP contribution < -0.4 is 10.0 Å². The number of hydrogen-bond donors (Lipinski definition) is 2. The number of sulfonamides is 1. The highest BCUT2D eigenvalue weighted by Gasteiger charge is 2.40. The smallest absolute Gasteiger partial charge is 0.289 e. The van der Waals surface area contributed by atoms with Crippen molar-refractivity contribution in [3.8, 4) is 11.1 Å². The molecule has 49 heavy (non-hydrogen) atoms. The van der Waals surface area contributed by atoms with Gasteiger partial charge in [0.25, 0.3) is 5.69 Å². The summed E-state index contributed by atoms with van der Waals surface area (Å²) in [5, 5.41) is 16.4. The molecule has 0 aromatic heterocycles. The third kappa shape index (κ3) is 7.85. The fourth-order valence-corrected chi connectivity index (χ4v) is 7.50. The van der Waals surface area contributed by atoms with Crippen molar-refractivity contribution in [3.63, 3.8) is 0 Å². The second-order valence-corrected chi connectivity index (χ2v) is 13.8. The number of para-hydroxylation sites is 1. The van der Waals surface area contributed by atoms with Crippen LogP contribution in [0.1, 0.15) is 30.4 Å². The number of rotatable bonds is 13. The lowest BCUT2D eigenvalue weighted by molar-refractivity contribution is -0.387. The van der Waals surface area contributed by atoms with Gasteiger partial charge in [0, 0.05) is 25.6 Å². The van der Waals surface area contributed by atoms with Gasteiger partial charge in [0.2, 0.25) is 21.8 Å². The zero-order valence-electron chi connectivity index (χ0n) is 26.7. The van der Waals surface area contributed by atoms with Crippen LogP contribution in [0.25, 0.3) is 21.9 Å². The Morgan fingerprint density at radius 1 is 0.755 bits per heavy atom. The van der Waals surface area contributed by atoms with Gasteiger partial charge in [0.1, 0.15) is 12.1 Å². The summed E-state index contributed by atoms with van der Waals surface area (Å²) in [6, 6.07) is 35.6. The van der Waals surface area contributed by atoms with Gasteiger partial charge in [-0.1, -0.05) is 109 Å². The SMILES string of the molecule is O=C1N[C@@H](Cc2ccc3ccccc3c2)C(=O)N(Cc2ccc(-c3ccccc3)cc2)[C@H]1CCCCNS(=O)(=O)c1ccccc1[N+](=O)[O-]. The Bertz CT molecular complexity index is 2090. The summed E-state index contributed by atoms with van der Waals surface area (Å²) in [6.07, 6.45) is 1.45. The number of benzene rings is 5. The molecule has 2 amide bonds. The molecule has 0 bridgehead atoms. The van der Waals surface area contributed by atoms with Crippen LogP contribution in [0.3, 0.4) is 0 Å². The van der Waals surface area contributed by atoms with Crippen molar-refractivity contribution in [1.82, 2.24) is 14.9 Å². The minimum Gasteiger partial charge on any atom is -0.342 e. The summed E-state index contributed by atoms with van der Waals surface area (Å²) >= 11 is 0. The predicted octanol–water partition coefficient (Wildman–Crippen LogP) is 6.00. The third-order valence-corrected chi connectivity index (χ3v) is 10.3. The number of nitrogens with zero attached hydrogens (tertiary/aromatic N) is 2. The zero-order valence-corrected chi connectivity index (χ0v) is 27.5. The molecule has 0 aliphatic carbocycles. The first-order valence-electron chi connectivity index (χ1n) is 16.2. The van der Waals surface area contributed by atoms with E-state index < -0.39 is 37.6 Å². The molecule has 0 saturated carbocycles. The Kier molecular flexibility index (Phi) is 10.1. The van der Waals surface area contributed by atoms with Gasteiger partial charge in [-0.25, -0.2) is 13.1 Å². The molecule has 1 fully saturated rings. The molecule has 6 rings (SSSR count). The molecular formula is C38H36N4O6S. The molecule has 0 radical (unpaired) electrons. The lowest BCUT2D eigenvalue weighted by atomic mass is 9.95. The third-order valence-electron chi connectivity index (χ3n) is 8.79. The van der Waals surface area contributed by atoms with E-state index in [9.17, 15) is 28.1 Å². The standard InChI is InChI=1S/C38H36N4O6S/c43-37-35(15-8-9-23-39-49(47,48)36-16-7-6-14-34(36)42(45)46)41(26-27-17-20-31(21-18-27)29-10-2-1-3-11-29)38(44)33(40-37)25-28-19-22-30-12-4-5-13-32(30)24-28/h1-7,10-14,16-22,24,33,35,39H,8-9,15,23,25-26H2,(H,40,43)/t33-,35-/m0/s1. The number of carbonyl (C=O) groups excluding carboxylic acids is 2. The minimum absolute atomic E-state index is 0.0161. The van der Waals surface area contributed by atoms with Crippen LogP contribution >= 0.6 is 0 Å². The molecule has 1 aliphatic heterocycles. The molecule has 0 unspecified atom stereocenters. The van der Waals surface area contributed by atoms with Crippen molar-refractivity contribution >= 4 is 38.3 Å². The lowest BCUT2D eigenvalue weighted by Gasteiger charge is -2.39. The number of nitro groups is 1. The van der Waals surface area contributed by atoms with E-state index in [2.05, 4.69) is 10.0 Å². The summed E-state index contributed by atoms with van der Waals surface area (Å²) in [7, 11) is -4.12. The first kappa shape index (κ1) is 33.5. The van der Waals surface area contributed by atoms with E-state index in [0.717, 1.165) is 39.1 Å². The highest BCUT2D eigenvalue weighted by Crippen LogP contribution is 2.26. The van der Waals surface area contributed by atoms with Crippen molar-refractivity contribution in [1.29, 1.82) is 0 Å². The maximum absolute atomic E-state index is 14.1. The Morgan fingerprint density at radius 2 is 1.41 bits per heavy atom. The van der Waals surface area contributed by atoms with Crippen LogP contribution in [-0.2, 0) is 32.6 Å². The number of nitro benzene ring substituents is 1. The topological polar surface area (TPSA) is 139 Å². The van der Waals surface area contributed by atoms with Crippen LogP contribution in [0.4, 0.5) is 5.69 Å². The van der Waals surface area contributed by atoms with Gasteiger partial charge >= 0.3 is 0 Å². The van der Waals surface area contributed by atoms with Crippen LogP contribution in [0.5, 0.6) is 0 Å². The van der Waals surface area contributed by atoms with E-state index in [1.54, 1.807) is 4.90 Å². The Hall–Kier alpha value is -5.39. The van der Waals surface area contributed by atoms with Gasteiger partial charge in [0.05, 0.1) is 4.92 Å². The van der Waals surface area contributed by atoms with Gasteiger partial charge in [-0.3, -0.25) is 19.7 Å². The maximum Gasteiger partial charge on any atom is 0.289 e. The quantitative estimate of drug-likeness (QED) is 0.0891. The van der Waals surface area contributed by atoms with Gasteiger partial charge in [-0.2, -0.15) is 0 Å². The van der Waals surface area contributed by atoms with Crippen LogP contribution in [0.2, 0.25) is 0 Å². The molecule has 2 atom stereocenters. The Labute approximate surface area is 285 Å². The maximum atomic E-state index is 14.1. The number of carbonyl (C=O) groups is 2. The molecule has 1 saturated heterocycles. The van der Waals surface area contributed by atoms with E-state index in [0.29, 0.717) is 25.7 Å². The zero-order chi connectivity index (χ0) is 34.4. The second kappa shape index (κ2) is 14.8. The number of fused-ring (bicyclic) bond motifs is 1. The molecule has 2 N–H and O–H groups in total. The van der Waals surface area contributed by atoms with Crippen LogP contribution in [0.15, 0.2) is 126 Å². The summed E-state index contributed by atoms with van der Waals surface area (Å²) in [4.78, 5) is 39.5. The van der Waals surface area contributed by atoms with Crippen LogP contribution in [0, 0.1) is 10.1 Å². The van der Waals surface area contributed by atoms with Crippen molar-refractivity contribution in [2.75, 3.05) is 6.54 Å². The fraction of sp³-hybridized carbons (Fsp3) is 0.211. The number of nitrogens with one attached hydrogen (secondary N) is 2. The van der Waals surface area contributed by atoms with E-state index in [4.69, 9.17) is 0 Å². The van der Waals surface area contributed by atoms with E-state index in [1.807, 2.05) is 97.1 Å². The van der Waals surface area contributed by atoms with Crippen molar-refractivity contribution < 1.29 is 22.9 Å². The first-order chi connectivity index (χ1) is 23.7. The number of amides is 2. The van der Waals surface area contributed by atoms with Crippen molar-refractivity contribution in [3.05, 3.63) is 143 Å². The van der Waals surface area contributed by atoms with Gasteiger partial charge in [-0.15, -0.1) is 0 Å². The minimum atomic E-state index is -4.12. The van der Waals surface area contributed by atoms with Crippen molar-refractivity contribution in [2.24, 2.45) is 0 Å². The Morgan fingerprint density at radius 3 is 2.16 bits per heavy atom. The summed E-state index contributed by atoms with van der Waals surface area (Å²) < 4.78 is 28.1. The monoisotopic (exact) mass is 676 g/mol. The fourth-order valence-electron chi connectivity index (χ4n) is 6.25. The lowest BCUT2D eigenvalue weighted by Crippen LogP contribution is -2.63. The number of piperazine rings is 1. The summed E-state index contributed by atoms with van der Waals surface area (Å²) in [6.45, 7) is 0.257. The second-order valence-electron chi connectivity index (χ2n) is 12.1. The number of unbranched alkanes of at least 4 members (excludes halogenated alkanes) is 1. The molecule has 11 heteroatoms. The Balaban J connectivity index is 1.16. The summed E-state index contributed by atoms with van der Waals surface area (Å²) in [5.74, 6) is -0.436. The molecule has 250 valence electrons. The average molecular weight is 677 g/mol. The molecule has 10 nitrogen and oxygen atoms in total. The number of hydrogen-bond acceptors (Lipinski definition) is 6. The molecule has 1 aliphatic rings. The molecular weight excluding hydrogens is 641 g/mol. The molecule has 0 spiro atoms.